The molecular formula is C15H12I2O3. The molecule has 0 fully saturated rings. The van der Waals surface area contributed by atoms with Crippen LogP contribution in [0.25, 0.3) is 0 Å². The monoisotopic (exact) mass is 494 g/mol. The molecule has 0 bridgehead atoms. The fraction of sp³-hybridized carbons (Fsp3) is 0.133. The smallest absolute Gasteiger partial charge is 0.311 e. The third-order valence-electron chi connectivity index (χ3n) is 3.02. The number of carboxylic acid groups (broad SMARTS) is 1. The molecule has 5 heteroatoms. The minimum atomic E-state index is -0.839. The van der Waals surface area contributed by atoms with E-state index in [1.165, 1.54) is 0 Å². The van der Waals surface area contributed by atoms with Crippen LogP contribution in [0.15, 0.2) is 42.5 Å². The zero-order chi connectivity index (χ0) is 14.7. The van der Waals surface area contributed by atoms with Gasteiger partial charge in [0.05, 0.1) is 13.1 Å². The van der Waals surface area contributed by atoms with Crippen molar-refractivity contribution in [1.29, 1.82) is 0 Å². The topological polar surface area (TPSA) is 57.5 Å². The van der Waals surface area contributed by atoms with E-state index in [1.54, 1.807) is 0 Å². The van der Waals surface area contributed by atoms with E-state index < -0.39 is 11.9 Å². The van der Waals surface area contributed by atoms with E-state index in [0.29, 0.717) is 6.42 Å². The lowest BCUT2D eigenvalue weighted by Crippen LogP contribution is -2.14. The maximum atomic E-state index is 11.5. The molecule has 20 heavy (non-hydrogen) atoms. The number of rotatable bonds is 4. The highest BCUT2D eigenvalue weighted by Gasteiger charge is 2.21. The number of phenolic OH excluding ortho intramolecular Hbond substituents is 1. The molecule has 0 saturated heterocycles. The van der Waals surface area contributed by atoms with Crippen LogP contribution < -0.4 is 0 Å². The average Bonchev–Trinajstić information content (AvgIpc) is 2.42. The van der Waals surface area contributed by atoms with Gasteiger partial charge in [-0.2, -0.15) is 0 Å². The van der Waals surface area contributed by atoms with E-state index >= 15 is 0 Å². The molecule has 0 heterocycles. The Kier molecular flexibility index (Phi) is 5.25. The molecule has 0 unspecified atom stereocenters. The van der Waals surface area contributed by atoms with Crippen molar-refractivity contribution in [2.75, 3.05) is 0 Å². The number of benzene rings is 2. The van der Waals surface area contributed by atoms with Crippen molar-refractivity contribution < 1.29 is 15.0 Å². The Labute approximate surface area is 144 Å². The Morgan fingerprint density at radius 1 is 1.10 bits per heavy atom. The molecule has 0 spiro atoms. The molecular weight excluding hydrogens is 482 g/mol. The number of carboxylic acids is 1. The fourth-order valence-corrected chi connectivity index (χ4v) is 3.90. The van der Waals surface area contributed by atoms with E-state index in [9.17, 15) is 15.0 Å². The van der Waals surface area contributed by atoms with Gasteiger partial charge in [-0.25, -0.2) is 0 Å². The lowest BCUT2D eigenvalue weighted by Gasteiger charge is -2.14. The number of halogens is 2. The molecule has 0 aliphatic carbocycles. The molecule has 0 saturated carbocycles. The average molecular weight is 494 g/mol. The van der Waals surface area contributed by atoms with Crippen LogP contribution in [-0.4, -0.2) is 16.2 Å². The van der Waals surface area contributed by atoms with Crippen LogP contribution in [0, 0.1) is 7.14 Å². The van der Waals surface area contributed by atoms with Crippen LogP contribution in [-0.2, 0) is 11.2 Å². The summed E-state index contributed by atoms with van der Waals surface area (Å²) in [6.45, 7) is 0. The van der Waals surface area contributed by atoms with Crippen molar-refractivity contribution >= 4 is 51.2 Å². The van der Waals surface area contributed by atoms with Gasteiger partial charge in [0.25, 0.3) is 0 Å². The van der Waals surface area contributed by atoms with Crippen molar-refractivity contribution in [1.82, 2.24) is 0 Å². The summed E-state index contributed by atoms with van der Waals surface area (Å²) in [6.07, 6.45) is 0.408. The first kappa shape index (κ1) is 15.6. The van der Waals surface area contributed by atoms with Gasteiger partial charge in [0.15, 0.2) is 0 Å². The van der Waals surface area contributed by atoms with Gasteiger partial charge in [-0.05, 0) is 74.9 Å². The molecule has 2 N–H and O–H groups in total. The summed E-state index contributed by atoms with van der Waals surface area (Å²) in [7, 11) is 0. The van der Waals surface area contributed by atoms with Crippen LogP contribution in [0.5, 0.6) is 5.75 Å². The normalized spacial score (nSPS) is 12.1. The molecule has 104 valence electrons. The van der Waals surface area contributed by atoms with Gasteiger partial charge in [0.2, 0.25) is 0 Å². The zero-order valence-corrected chi connectivity index (χ0v) is 14.7. The number of hydrogen-bond acceptors (Lipinski definition) is 2. The lowest BCUT2D eigenvalue weighted by molar-refractivity contribution is -0.138. The summed E-state index contributed by atoms with van der Waals surface area (Å²) in [6, 6.07) is 12.9. The number of hydrogen-bond donors (Lipinski definition) is 2. The molecule has 1 atom stereocenters. The van der Waals surface area contributed by atoms with Crippen LogP contribution in [0.2, 0.25) is 0 Å². The van der Waals surface area contributed by atoms with Crippen LogP contribution in [0.1, 0.15) is 17.0 Å². The second-order valence-electron chi connectivity index (χ2n) is 4.41. The van der Waals surface area contributed by atoms with E-state index in [1.807, 2.05) is 42.5 Å². The summed E-state index contributed by atoms with van der Waals surface area (Å²) < 4.78 is 1.48. The van der Waals surface area contributed by atoms with E-state index in [4.69, 9.17) is 0 Å². The molecule has 0 radical (unpaired) electrons. The van der Waals surface area contributed by atoms with Crippen LogP contribution in [0.4, 0.5) is 0 Å². The van der Waals surface area contributed by atoms with Crippen molar-refractivity contribution in [2.45, 2.75) is 12.3 Å². The summed E-state index contributed by atoms with van der Waals surface area (Å²) in [5, 5.41) is 19.2. The highest BCUT2D eigenvalue weighted by molar-refractivity contribution is 14.1. The Morgan fingerprint density at radius 3 is 2.15 bits per heavy atom. The molecule has 2 rings (SSSR count). The molecule has 2 aromatic rings. The summed E-state index contributed by atoms with van der Waals surface area (Å²) in [5.41, 5.74) is 1.70. The Bertz CT molecular complexity index is 603. The minimum Gasteiger partial charge on any atom is -0.506 e. The maximum absolute atomic E-state index is 11.5. The molecule has 2 aromatic carbocycles. The number of phenols is 1. The Hall–Kier alpha value is -0.830. The van der Waals surface area contributed by atoms with Crippen molar-refractivity contribution in [2.24, 2.45) is 0 Å². The molecule has 0 amide bonds. The fourth-order valence-electron chi connectivity index (χ4n) is 2.00. The molecule has 3 nitrogen and oxygen atoms in total. The summed E-state index contributed by atoms with van der Waals surface area (Å²) in [5.74, 6) is -1.16. The van der Waals surface area contributed by atoms with Gasteiger partial charge in [-0.1, -0.05) is 30.3 Å². The van der Waals surface area contributed by atoms with Gasteiger partial charge in [-0.15, -0.1) is 0 Å². The number of aliphatic carboxylic acids is 1. The maximum Gasteiger partial charge on any atom is 0.311 e. The summed E-state index contributed by atoms with van der Waals surface area (Å²) >= 11 is 4.10. The van der Waals surface area contributed by atoms with Crippen molar-refractivity contribution in [3.63, 3.8) is 0 Å². The van der Waals surface area contributed by atoms with Crippen molar-refractivity contribution in [3.8, 4) is 5.75 Å². The highest BCUT2D eigenvalue weighted by atomic mass is 127. The highest BCUT2D eigenvalue weighted by Crippen LogP contribution is 2.30. The first-order valence-electron chi connectivity index (χ1n) is 5.93. The predicted molar refractivity (Wildman–Crippen MR) is 94.1 cm³/mol. The van der Waals surface area contributed by atoms with Gasteiger partial charge in [-0.3, -0.25) is 4.79 Å². The molecule has 0 aliphatic heterocycles. The first-order valence-corrected chi connectivity index (χ1v) is 8.09. The SMILES string of the molecule is O=C(O)[C@H](Cc1cc(I)c(O)c(I)c1)c1ccccc1. The van der Waals surface area contributed by atoms with E-state index in [2.05, 4.69) is 45.2 Å². The second kappa shape index (κ2) is 6.75. The van der Waals surface area contributed by atoms with Gasteiger partial charge >= 0.3 is 5.97 Å². The van der Waals surface area contributed by atoms with E-state index in [0.717, 1.165) is 18.3 Å². The van der Waals surface area contributed by atoms with Crippen LogP contribution >= 0.6 is 45.2 Å². The second-order valence-corrected chi connectivity index (χ2v) is 6.74. The molecule has 0 aliphatic rings. The van der Waals surface area contributed by atoms with Crippen LogP contribution in [0.3, 0.4) is 0 Å². The number of carbonyl (C=O) groups is 1. The largest absolute Gasteiger partial charge is 0.506 e. The minimum absolute atomic E-state index is 0.251. The first-order chi connectivity index (χ1) is 9.49. The van der Waals surface area contributed by atoms with Gasteiger partial charge in [0, 0.05) is 0 Å². The number of aromatic hydroxyl groups is 1. The predicted octanol–water partition coefficient (Wildman–Crippen LogP) is 4.01. The molecule has 0 aromatic heterocycles. The third-order valence-corrected chi connectivity index (χ3v) is 4.66. The van der Waals surface area contributed by atoms with Gasteiger partial charge in [0.1, 0.15) is 5.75 Å². The van der Waals surface area contributed by atoms with E-state index in [-0.39, 0.29) is 5.75 Å². The Morgan fingerprint density at radius 2 is 1.65 bits per heavy atom. The standard InChI is InChI=1S/C15H12I2O3/c16-12-7-9(8-13(17)14(12)18)6-11(15(19)20)10-4-2-1-3-5-10/h1-5,7-8,11,18H,6H2,(H,19,20)/t11-/m1/s1. The lowest BCUT2D eigenvalue weighted by atomic mass is 9.92. The Balaban J connectivity index is 2.32. The third kappa shape index (κ3) is 3.63. The van der Waals surface area contributed by atoms with Crippen molar-refractivity contribution in [3.05, 3.63) is 60.7 Å². The zero-order valence-electron chi connectivity index (χ0n) is 10.4. The van der Waals surface area contributed by atoms with Gasteiger partial charge < -0.3 is 10.2 Å². The quantitative estimate of drug-likeness (QED) is 0.633. The summed E-state index contributed by atoms with van der Waals surface area (Å²) in [4.78, 5) is 11.5.